The monoisotopic (exact) mass is 336 g/mol. The molecule has 2 aromatic heterocycles. The number of nitrogens with zero attached hydrogens (tertiary/aromatic N) is 3. The van der Waals surface area contributed by atoms with Crippen LogP contribution in [0.1, 0.15) is 23.8 Å². The van der Waals surface area contributed by atoms with E-state index in [4.69, 9.17) is 4.74 Å². The Balaban J connectivity index is 1.71. The van der Waals surface area contributed by atoms with Crippen LogP contribution < -0.4 is 5.32 Å². The molecule has 7 heteroatoms. The van der Waals surface area contributed by atoms with Crippen LogP contribution in [0.5, 0.6) is 0 Å². The van der Waals surface area contributed by atoms with Crippen LogP contribution in [0.4, 0.5) is 5.69 Å². The third kappa shape index (κ3) is 3.95. The molecule has 1 unspecified atom stereocenters. The summed E-state index contributed by atoms with van der Waals surface area (Å²) >= 11 is 0. The standard InChI is InChI=1S/C18H16N4O3/c1-2-16(17(23)21-12-7-9-19-10-8-12)25-18(24)15-11-20-13-5-3-4-6-14(13)22-15/h3-11,16H,2H2,1H3,(H,19,21,23). The molecule has 1 atom stereocenters. The van der Waals surface area contributed by atoms with Crippen LogP contribution in [0.15, 0.2) is 55.0 Å². The summed E-state index contributed by atoms with van der Waals surface area (Å²) in [6.07, 6.45) is 3.89. The fourth-order valence-corrected chi connectivity index (χ4v) is 2.23. The fourth-order valence-electron chi connectivity index (χ4n) is 2.23. The van der Waals surface area contributed by atoms with E-state index in [0.717, 1.165) is 0 Å². The molecule has 0 aliphatic carbocycles. The molecule has 7 nitrogen and oxygen atoms in total. The van der Waals surface area contributed by atoms with Crippen LogP contribution in [-0.4, -0.2) is 32.9 Å². The predicted octanol–water partition coefficient (Wildman–Crippen LogP) is 2.60. The Bertz CT molecular complexity index is 899. The molecule has 3 aromatic rings. The van der Waals surface area contributed by atoms with Gasteiger partial charge in [0.1, 0.15) is 0 Å². The SMILES string of the molecule is CCC(OC(=O)c1cnc2ccccc2n1)C(=O)Nc1ccncc1. The number of aromatic nitrogens is 3. The van der Waals surface area contributed by atoms with Crippen LogP contribution in [0.25, 0.3) is 11.0 Å². The Labute approximate surface area is 144 Å². The van der Waals surface area contributed by atoms with Crippen molar-refractivity contribution in [3.05, 3.63) is 60.7 Å². The van der Waals surface area contributed by atoms with Gasteiger partial charge in [0.2, 0.25) is 0 Å². The van der Waals surface area contributed by atoms with Crippen molar-refractivity contribution in [1.29, 1.82) is 0 Å². The predicted molar refractivity (Wildman–Crippen MR) is 91.9 cm³/mol. The molecule has 1 amide bonds. The van der Waals surface area contributed by atoms with Gasteiger partial charge in [-0.2, -0.15) is 0 Å². The maximum Gasteiger partial charge on any atom is 0.359 e. The lowest BCUT2D eigenvalue weighted by atomic mass is 10.2. The van der Waals surface area contributed by atoms with E-state index in [1.165, 1.54) is 6.20 Å². The lowest BCUT2D eigenvalue weighted by Crippen LogP contribution is -2.32. The number of pyridine rings is 1. The van der Waals surface area contributed by atoms with Crippen molar-refractivity contribution in [2.75, 3.05) is 5.32 Å². The van der Waals surface area contributed by atoms with Crippen molar-refractivity contribution < 1.29 is 14.3 Å². The van der Waals surface area contributed by atoms with Crippen molar-refractivity contribution in [3.8, 4) is 0 Å². The molecule has 1 N–H and O–H groups in total. The highest BCUT2D eigenvalue weighted by Gasteiger charge is 2.23. The number of para-hydroxylation sites is 2. The van der Waals surface area contributed by atoms with Gasteiger partial charge in [-0.25, -0.2) is 9.78 Å². The number of hydrogen-bond donors (Lipinski definition) is 1. The third-order valence-electron chi connectivity index (χ3n) is 3.52. The Kier molecular flexibility index (Phi) is 4.94. The smallest absolute Gasteiger partial charge is 0.359 e. The van der Waals surface area contributed by atoms with Gasteiger partial charge in [-0.1, -0.05) is 19.1 Å². The zero-order chi connectivity index (χ0) is 17.6. The van der Waals surface area contributed by atoms with Gasteiger partial charge in [0, 0.05) is 18.1 Å². The van der Waals surface area contributed by atoms with Gasteiger partial charge >= 0.3 is 5.97 Å². The Hall–Kier alpha value is -3.35. The molecule has 2 heterocycles. The van der Waals surface area contributed by atoms with Crippen molar-refractivity contribution in [2.45, 2.75) is 19.4 Å². The molecular weight excluding hydrogens is 320 g/mol. The minimum atomic E-state index is -0.922. The average molecular weight is 336 g/mol. The molecule has 0 bridgehead atoms. The molecule has 25 heavy (non-hydrogen) atoms. The third-order valence-corrected chi connectivity index (χ3v) is 3.52. The van der Waals surface area contributed by atoms with E-state index in [-0.39, 0.29) is 5.69 Å². The normalized spacial score (nSPS) is 11.7. The number of rotatable bonds is 5. The largest absolute Gasteiger partial charge is 0.447 e. The summed E-state index contributed by atoms with van der Waals surface area (Å²) in [6.45, 7) is 1.76. The fraction of sp³-hybridized carbons (Fsp3) is 0.167. The molecular formula is C18H16N4O3. The molecule has 126 valence electrons. The summed E-state index contributed by atoms with van der Waals surface area (Å²) in [5.41, 5.74) is 1.92. The summed E-state index contributed by atoms with van der Waals surface area (Å²) < 4.78 is 5.30. The number of ether oxygens (including phenoxy) is 1. The first-order valence-corrected chi connectivity index (χ1v) is 7.81. The van der Waals surface area contributed by atoms with Gasteiger partial charge in [0.05, 0.1) is 17.2 Å². The van der Waals surface area contributed by atoms with E-state index in [1.807, 2.05) is 12.1 Å². The highest BCUT2D eigenvalue weighted by Crippen LogP contribution is 2.12. The second-order valence-corrected chi connectivity index (χ2v) is 5.27. The molecule has 0 aliphatic rings. The van der Waals surface area contributed by atoms with Gasteiger partial charge in [0.25, 0.3) is 5.91 Å². The molecule has 0 saturated carbocycles. The van der Waals surface area contributed by atoms with E-state index in [1.54, 1.807) is 43.6 Å². The second-order valence-electron chi connectivity index (χ2n) is 5.27. The van der Waals surface area contributed by atoms with E-state index in [9.17, 15) is 9.59 Å². The van der Waals surface area contributed by atoms with Crippen LogP contribution >= 0.6 is 0 Å². The van der Waals surface area contributed by atoms with Crippen LogP contribution in [0, 0.1) is 0 Å². The number of benzene rings is 1. The van der Waals surface area contributed by atoms with Crippen molar-refractivity contribution in [3.63, 3.8) is 0 Å². The second kappa shape index (κ2) is 7.48. The van der Waals surface area contributed by atoms with Crippen LogP contribution in [0.3, 0.4) is 0 Å². The lowest BCUT2D eigenvalue weighted by Gasteiger charge is -2.15. The molecule has 0 radical (unpaired) electrons. The summed E-state index contributed by atoms with van der Waals surface area (Å²) in [5, 5.41) is 2.69. The quantitative estimate of drug-likeness (QED) is 0.720. The molecule has 0 saturated heterocycles. The minimum Gasteiger partial charge on any atom is -0.447 e. The van der Waals surface area contributed by atoms with E-state index < -0.39 is 18.0 Å². The van der Waals surface area contributed by atoms with E-state index >= 15 is 0 Å². The molecule has 3 rings (SSSR count). The van der Waals surface area contributed by atoms with E-state index in [0.29, 0.717) is 23.1 Å². The zero-order valence-electron chi connectivity index (χ0n) is 13.5. The first-order valence-electron chi connectivity index (χ1n) is 7.81. The first kappa shape index (κ1) is 16.5. The highest BCUT2D eigenvalue weighted by atomic mass is 16.5. The van der Waals surface area contributed by atoms with Crippen molar-refractivity contribution in [1.82, 2.24) is 15.0 Å². The molecule has 0 aliphatic heterocycles. The maximum absolute atomic E-state index is 12.3. The van der Waals surface area contributed by atoms with Gasteiger partial charge in [-0.3, -0.25) is 14.8 Å². The highest BCUT2D eigenvalue weighted by molar-refractivity contribution is 5.97. The first-order chi connectivity index (χ1) is 12.2. The number of anilines is 1. The Morgan fingerprint density at radius 3 is 2.56 bits per heavy atom. The number of fused-ring (bicyclic) bond motifs is 1. The molecule has 1 aromatic carbocycles. The van der Waals surface area contributed by atoms with Crippen LogP contribution in [0.2, 0.25) is 0 Å². The minimum absolute atomic E-state index is 0.0638. The molecule has 0 spiro atoms. The van der Waals surface area contributed by atoms with E-state index in [2.05, 4.69) is 20.3 Å². The van der Waals surface area contributed by atoms with Crippen LogP contribution in [-0.2, 0) is 9.53 Å². The average Bonchev–Trinajstić information content (AvgIpc) is 2.66. The van der Waals surface area contributed by atoms with Crippen molar-refractivity contribution in [2.24, 2.45) is 0 Å². The lowest BCUT2D eigenvalue weighted by molar-refractivity contribution is -0.124. The number of carbonyl (C=O) groups excluding carboxylic acids is 2. The summed E-state index contributed by atoms with van der Waals surface area (Å²) in [6, 6.07) is 10.5. The number of esters is 1. The summed E-state index contributed by atoms with van der Waals surface area (Å²) in [7, 11) is 0. The van der Waals surface area contributed by atoms with Gasteiger partial charge < -0.3 is 10.1 Å². The van der Waals surface area contributed by atoms with Crippen molar-refractivity contribution >= 4 is 28.6 Å². The van der Waals surface area contributed by atoms with Gasteiger partial charge in [-0.05, 0) is 30.7 Å². The summed E-state index contributed by atoms with van der Waals surface area (Å²) in [5.74, 6) is -1.09. The van der Waals surface area contributed by atoms with Gasteiger partial charge in [-0.15, -0.1) is 0 Å². The van der Waals surface area contributed by atoms with Gasteiger partial charge in [0.15, 0.2) is 11.8 Å². The molecule has 0 fully saturated rings. The zero-order valence-corrected chi connectivity index (χ0v) is 13.5. The maximum atomic E-state index is 12.3. The topological polar surface area (TPSA) is 94.1 Å². The summed E-state index contributed by atoms with van der Waals surface area (Å²) in [4.78, 5) is 36.9. The number of amides is 1. The number of nitrogens with one attached hydrogen (secondary N) is 1. The Morgan fingerprint density at radius 2 is 1.84 bits per heavy atom. The Morgan fingerprint density at radius 1 is 1.12 bits per heavy atom. The number of carbonyl (C=O) groups is 2. The number of hydrogen-bond acceptors (Lipinski definition) is 6.